The normalized spacial score (nSPS) is 10.8. The van der Waals surface area contributed by atoms with Crippen LogP contribution in [-0.2, 0) is 6.54 Å². The molecule has 3 aromatic heterocycles. The Morgan fingerprint density at radius 2 is 2.23 bits per heavy atom. The number of hydrogen-bond acceptors (Lipinski definition) is 8. The van der Waals surface area contributed by atoms with Crippen LogP contribution in [0.3, 0.4) is 0 Å². The number of anilines is 1. The van der Waals surface area contributed by atoms with Crippen LogP contribution in [0.5, 0.6) is 0 Å². The second-order valence-electron chi connectivity index (χ2n) is 4.12. The Morgan fingerprint density at radius 1 is 1.32 bits per heavy atom. The molecule has 0 aromatic carbocycles. The SMILES string of the molecule is O=C(CSc1nnc(NCc2ccco2)s1)c1ccc(Cl)s1. The van der Waals surface area contributed by atoms with Gasteiger partial charge in [0, 0.05) is 0 Å². The molecule has 0 fully saturated rings. The minimum Gasteiger partial charge on any atom is -0.467 e. The van der Waals surface area contributed by atoms with Crippen molar-refractivity contribution in [2.45, 2.75) is 10.9 Å². The Morgan fingerprint density at radius 3 is 2.95 bits per heavy atom. The van der Waals surface area contributed by atoms with Gasteiger partial charge in [-0.1, -0.05) is 34.7 Å². The van der Waals surface area contributed by atoms with E-state index < -0.39 is 0 Å². The summed E-state index contributed by atoms with van der Waals surface area (Å²) in [5.41, 5.74) is 0. The van der Waals surface area contributed by atoms with E-state index in [9.17, 15) is 4.79 Å². The van der Waals surface area contributed by atoms with Crippen molar-refractivity contribution in [1.82, 2.24) is 10.2 Å². The summed E-state index contributed by atoms with van der Waals surface area (Å²) in [4.78, 5) is 12.6. The van der Waals surface area contributed by atoms with Crippen LogP contribution in [0.2, 0.25) is 4.34 Å². The Hall–Kier alpha value is -1.35. The smallest absolute Gasteiger partial charge is 0.206 e. The van der Waals surface area contributed by atoms with Crippen LogP contribution in [0.1, 0.15) is 15.4 Å². The zero-order chi connectivity index (χ0) is 15.4. The van der Waals surface area contributed by atoms with E-state index in [4.69, 9.17) is 16.0 Å². The maximum absolute atomic E-state index is 12.0. The average molecular weight is 372 g/mol. The molecule has 3 heterocycles. The highest BCUT2D eigenvalue weighted by Crippen LogP contribution is 2.28. The number of thiophene rings is 1. The van der Waals surface area contributed by atoms with Gasteiger partial charge in [-0.3, -0.25) is 4.79 Å². The lowest BCUT2D eigenvalue weighted by molar-refractivity contribution is 0.102. The third kappa shape index (κ3) is 4.10. The van der Waals surface area contributed by atoms with E-state index in [1.54, 1.807) is 18.4 Å². The van der Waals surface area contributed by atoms with E-state index >= 15 is 0 Å². The number of nitrogens with one attached hydrogen (secondary N) is 1. The van der Waals surface area contributed by atoms with Crippen molar-refractivity contribution in [3.63, 3.8) is 0 Å². The molecule has 0 saturated carbocycles. The zero-order valence-electron chi connectivity index (χ0n) is 11.1. The van der Waals surface area contributed by atoms with E-state index in [2.05, 4.69) is 15.5 Å². The highest BCUT2D eigenvalue weighted by Gasteiger charge is 2.12. The Labute approximate surface area is 143 Å². The number of hydrogen-bond donors (Lipinski definition) is 1. The largest absolute Gasteiger partial charge is 0.467 e. The first-order valence-electron chi connectivity index (χ1n) is 6.22. The number of aromatic nitrogens is 2. The first-order valence-corrected chi connectivity index (χ1v) is 9.21. The maximum atomic E-state index is 12.0. The minimum atomic E-state index is 0.0437. The number of furan rings is 1. The number of nitrogens with zero attached hydrogens (tertiary/aromatic N) is 2. The Balaban J connectivity index is 1.50. The number of thioether (sulfide) groups is 1. The molecule has 5 nitrogen and oxygen atoms in total. The van der Waals surface area contributed by atoms with Crippen LogP contribution in [0.15, 0.2) is 39.3 Å². The quantitative estimate of drug-likeness (QED) is 0.489. The molecule has 3 rings (SSSR count). The van der Waals surface area contributed by atoms with Gasteiger partial charge < -0.3 is 9.73 Å². The molecular weight excluding hydrogens is 362 g/mol. The molecule has 3 aromatic rings. The molecule has 0 bridgehead atoms. The van der Waals surface area contributed by atoms with E-state index in [1.807, 2.05) is 12.1 Å². The third-order valence-corrected chi connectivity index (χ3v) is 5.86. The first-order chi connectivity index (χ1) is 10.7. The summed E-state index contributed by atoms with van der Waals surface area (Å²) < 4.78 is 6.59. The van der Waals surface area contributed by atoms with Gasteiger partial charge in [-0.05, 0) is 24.3 Å². The monoisotopic (exact) mass is 371 g/mol. The summed E-state index contributed by atoms with van der Waals surface area (Å²) in [5, 5.41) is 11.9. The number of rotatable bonds is 7. The molecule has 9 heteroatoms. The van der Waals surface area contributed by atoms with Crippen molar-refractivity contribution in [3.05, 3.63) is 45.5 Å². The van der Waals surface area contributed by atoms with E-state index in [1.165, 1.54) is 34.4 Å². The lowest BCUT2D eigenvalue weighted by atomic mass is 10.4. The average Bonchev–Trinajstić information content (AvgIpc) is 3.24. The molecule has 22 heavy (non-hydrogen) atoms. The molecule has 114 valence electrons. The fourth-order valence-corrected chi connectivity index (χ4v) is 4.28. The van der Waals surface area contributed by atoms with Gasteiger partial charge in [0.25, 0.3) is 0 Å². The molecule has 0 atom stereocenters. The number of ketones is 1. The Bertz CT molecular complexity index is 754. The summed E-state index contributed by atoms with van der Waals surface area (Å²) >= 11 is 9.90. The zero-order valence-corrected chi connectivity index (χ0v) is 14.3. The number of carbonyl (C=O) groups is 1. The van der Waals surface area contributed by atoms with Crippen molar-refractivity contribution < 1.29 is 9.21 Å². The van der Waals surface area contributed by atoms with Crippen LogP contribution < -0.4 is 5.32 Å². The summed E-state index contributed by atoms with van der Waals surface area (Å²) in [6, 6.07) is 7.19. The van der Waals surface area contributed by atoms with Crippen molar-refractivity contribution in [2.75, 3.05) is 11.1 Å². The highest BCUT2D eigenvalue weighted by atomic mass is 35.5. The summed E-state index contributed by atoms with van der Waals surface area (Å²) in [7, 11) is 0. The highest BCUT2D eigenvalue weighted by molar-refractivity contribution is 8.01. The summed E-state index contributed by atoms with van der Waals surface area (Å²) in [6.45, 7) is 0.554. The van der Waals surface area contributed by atoms with Crippen LogP contribution in [0.4, 0.5) is 5.13 Å². The van der Waals surface area contributed by atoms with Gasteiger partial charge in [0.1, 0.15) is 5.76 Å². The van der Waals surface area contributed by atoms with E-state index in [0.29, 0.717) is 26.6 Å². The topological polar surface area (TPSA) is 68.0 Å². The standard InChI is InChI=1S/C13H10ClN3O2S3/c14-11-4-3-10(21-11)9(18)7-20-13-17-16-12(22-13)15-6-8-2-1-5-19-8/h1-5H,6-7H2,(H,15,16). The van der Waals surface area contributed by atoms with Crippen LogP contribution in [-0.4, -0.2) is 21.7 Å². The van der Waals surface area contributed by atoms with E-state index in [-0.39, 0.29) is 5.78 Å². The molecule has 0 unspecified atom stereocenters. The number of halogens is 1. The number of carbonyl (C=O) groups excluding carboxylic acids is 1. The summed E-state index contributed by atoms with van der Waals surface area (Å²) in [6.07, 6.45) is 1.63. The van der Waals surface area contributed by atoms with Crippen LogP contribution in [0.25, 0.3) is 0 Å². The second-order valence-corrected chi connectivity index (χ2v) is 8.04. The molecule has 1 N–H and O–H groups in total. The summed E-state index contributed by atoms with van der Waals surface area (Å²) in [5.74, 6) is 1.19. The predicted octanol–water partition coefficient (Wildman–Crippen LogP) is 4.43. The van der Waals surface area contributed by atoms with Gasteiger partial charge in [0.2, 0.25) is 5.13 Å². The van der Waals surface area contributed by atoms with Gasteiger partial charge in [-0.25, -0.2) is 0 Å². The van der Waals surface area contributed by atoms with Gasteiger partial charge in [0.15, 0.2) is 10.1 Å². The predicted molar refractivity (Wildman–Crippen MR) is 90.3 cm³/mol. The third-order valence-electron chi connectivity index (χ3n) is 2.58. The molecule has 0 aliphatic rings. The van der Waals surface area contributed by atoms with Crippen LogP contribution >= 0.6 is 46.0 Å². The van der Waals surface area contributed by atoms with Crippen molar-refractivity contribution >= 4 is 57.0 Å². The van der Waals surface area contributed by atoms with Gasteiger partial charge >= 0.3 is 0 Å². The van der Waals surface area contributed by atoms with Crippen LogP contribution in [0, 0.1) is 0 Å². The molecule has 0 saturated heterocycles. The molecule has 0 aliphatic carbocycles. The van der Waals surface area contributed by atoms with Crippen molar-refractivity contribution in [2.24, 2.45) is 0 Å². The molecule has 0 amide bonds. The molecular formula is C13H10ClN3O2S3. The Kier molecular flexibility index (Phi) is 5.14. The van der Waals surface area contributed by atoms with E-state index in [0.717, 1.165) is 10.1 Å². The molecule has 0 radical (unpaired) electrons. The second kappa shape index (κ2) is 7.28. The lowest BCUT2D eigenvalue weighted by Gasteiger charge is -1.97. The fraction of sp³-hybridized carbons (Fsp3) is 0.154. The molecule has 0 spiro atoms. The first kappa shape index (κ1) is 15.5. The van der Waals surface area contributed by atoms with Gasteiger partial charge in [-0.2, -0.15) is 0 Å². The van der Waals surface area contributed by atoms with Gasteiger partial charge in [0.05, 0.1) is 27.8 Å². The molecule has 0 aliphatic heterocycles. The van der Waals surface area contributed by atoms with Crippen molar-refractivity contribution in [3.8, 4) is 0 Å². The number of Topliss-reactive ketones (excluding diaryl/α,β-unsaturated/α-hetero) is 1. The maximum Gasteiger partial charge on any atom is 0.206 e. The van der Waals surface area contributed by atoms with Gasteiger partial charge in [-0.15, -0.1) is 21.5 Å². The minimum absolute atomic E-state index is 0.0437. The fourth-order valence-electron chi connectivity index (χ4n) is 1.58. The lowest BCUT2D eigenvalue weighted by Crippen LogP contribution is -1.98. The van der Waals surface area contributed by atoms with Crippen molar-refractivity contribution in [1.29, 1.82) is 0 Å².